The number of carboxylic acids is 1. The molecular formula is C15H22N2O2. The van der Waals surface area contributed by atoms with Crippen LogP contribution in [0.2, 0.25) is 0 Å². The van der Waals surface area contributed by atoms with Gasteiger partial charge in [0.05, 0.1) is 0 Å². The average Bonchev–Trinajstić information content (AvgIpc) is 2.86. The Hall–Kier alpha value is -1.39. The lowest BCUT2D eigenvalue weighted by molar-refractivity contribution is -0.142. The number of aliphatic carboxylic acids is 1. The Bertz CT molecular complexity index is 421. The van der Waals surface area contributed by atoms with E-state index >= 15 is 0 Å². The third-order valence-electron chi connectivity index (χ3n) is 4.04. The van der Waals surface area contributed by atoms with E-state index in [0.717, 1.165) is 26.1 Å². The van der Waals surface area contributed by atoms with Crippen LogP contribution in [0.1, 0.15) is 18.9 Å². The molecular weight excluding hydrogens is 240 g/mol. The largest absolute Gasteiger partial charge is 0.480 e. The maximum Gasteiger partial charge on any atom is 0.320 e. The molecule has 1 aliphatic heterocycles. The highest BCUT2D eigenvalue weighted by atomic mass is 16.4. The summed E-state index contributed by atoms with van der Waals surface area (Å²) in [5.74, 6) is -0.746. The molecule has 0 spiro atoms. The Morgan fingerprint density at radius 3 is 2.79 bits per heavy atom. The van der Waals surface area contributed by atoms with Gasteiger partial charge in [-0.15, -0.1) is 0 Å². The molecule has 0 aromatic heterocycles. The van der Waals surface area contributed by atoms with Crippen molar-refractivity contribution in [1.29, 1.82) is 0 Å². The standard InChI is InChI=1S/C15H22N2O2/c1-12(15(18)19)16(2)14-8-9-17(11-14)10-13-6-4-3-5-7-13/h3-7,12,14H,8-11H2,1-2H3,(H,18,19). The summed E-state index contributed by atoms with van der Waals surface area (Å²) < 4.78 is 0. The molecule has 104 valence electrons. The summed E-state index contributed by atoms with van der Waals surface area (Å²) in [4.78, 5) is 15.4. The van der Waals surface area contributed by atoms with Gasteiger partial charge < -0.3 is 5.11 Å². The van der Waals surface area contributed by atoms with Gasteiger partial charge in [0, 0.05) is 25.7 Å². The van der Waals surface area contributed by atoms with Gasteiger partial charge in [-0.25, -0.2) is 0 Å². The van der Waals surface area contributed by atoms with Gasteiger partial charge in [0.15, 0.2) is 0 Å². The van der Waals surface area contributed by atoms with Gasteiger partial charge in [0.25, 0.3) is 0 Å². The Morgan fingerprint density at radius 1 is 1.47 bits per heavy atom. The first-order valence-electron chi connectivity index (χ1n) is 6.79. The second kappa shape index (κ2) is 6.17. The number of carboxylic acid groups (broad SMARTS) is 1. The number of likely N-dealkylation sites (tertiary alicyclic amines) is 1. The summed E-state index contributed by atoms with van der Waals surface area (Å²) >= 11 is 0. The van der Waals surface area contributed by atoms with Crippen molar-refractivity contribution >= 4 is 5.97 Å². The van der Waals surface area contributed by atoms with E-state index < -0.39 is 12.0 Å². The number of hydrogen-bond acceptors (Lipinski definition) is 3. The third-order valence-corrected chi connectivity index (χ3v) is 4.04. The van der Waals surface area contributed by atoms with Crippen LogP contribution in [-0.2, 0) is 11.3 Å². The third kappa shape index (κ3) is 3.55. The Morgan fingerprint density at radius 2 is 2.16 bits per heavy atom. The zero-order chi connectivity index (χ0) is 13.8. The van der Waals surface area contributed by atoms with Crippen LogP contribution in [0.4, 0.5) is 0 Å². The minimum Gasteiger partial charge on any atom is -0.480 e. The van der Waals surface area contributed by atoms with Crippen molar-refractivity contribution in [1.82, 2.24) is 9.80 Å². The molecule has 0 radical (unpaired) electrons. The van der Waals surface area contributed by atoms with E-state index in [1.165, 1.54) is 5.56 Å². The van der Waals surface area contributed by atoms with Crippen LogP contribution in [0, 0.1) is 0 Å². The van der Waals surface area contributed by atoms with Crippen LogP contribution in [0.5, 0.6) is 0 Å². The predicted molar refractivity (Wildman–Crippen MR) is 75.0 cm³/mol. The SMILES string of the molecule is CC(C(=O)O)N(C)C1CCN(Cc2ccccc2)C1. The number of carbonyl (C=O) groups is 1. The highest BCUT2D eigenvalue weighted by molar-refractivity contribution is 5.72. The minimum absolute atomic E-state index is 0.342. The van der Waals surface area contributed by atoms with Crippen molar-refractivity contribution in [3.05, 3.63) is 35.9 Å². The molecule has 2 atom stereocenters. The van der Waals surface area contributed by atoms with Gasteiger partial charge in [-0.05, 0) is 26.0 Å². The Labute approximate surface area is 114 Å². The fourth-order valence-electron chi connectivity index (χ4n) is 2.62. The summed E-state index contributed by atoms with van der Waals surface area (Å²) in [6, 6.07) is 10.3. The molecule has 2 rings (SSSR count). The maximum absolute atomic E-state index is 11.0. The van der Waals surface area contributed by atoms with Crippen molar-refractivity contribution in [3.63, 3.8) is 0 Å². The number of rotatable bonds is 5. The molecule has 1 N–H and O–H groups in total. The highest BCUT2D eigenvalue weighted by Crippen LogP contribution is 2.18. The summed E-state index contributed by atoms with van der Waals surface area (Å²) in [5, 5.41) is 9.06. The first kappa shape index (κ1) is 14.0. The Balaban J connectivity index is 1.88. The van der Waals surface area contributed by atoms with Gasteiger partial charge >= 0.3 is 5.97 Å². The maximum atomic E-state index is 11.0. The first-order chi connectivity index (χ1) is 9.08. The fourth-order valence-corrected chi connectivity index (χ4v) is 2.62. The summed E-state index contributed by atoms with van der Waals surface area (Å²) in [6.07, 6.45) is 1.04. The fraction of sp³-hybridized carbons (Fsp3) is 0.533. The van der Waals surface area contributed by atoms with Gasteiger partial charge in [-0.2, -0.15) is 0 Å². The van der Waals surface area contributed by atoms with Crippen LogP contribution in [0.3, 0.4) is 0 Å². The number of nitrogens with zero attached hydrogens (tertiary/aromatic N) is 2. The average molecular weight is 262 g/mol. The number of hydrogen-bond donors (Lipinski definition) is 1. The number of likely N-dealkylation sites (N-methyl/N-ethyl adjacent to an activating group) is 1. The van der Waals surface area contributed by atoms with Crippen molar-refractivity contribution in [2.75, 3.05) is 20.1 Å². The van der Waals surface area contributed by atoms with Crippen molar-refractivity contribution < 1.29 is 9.90 Å². The molecule has 1 saturated heterocycles. The highest BCUT2D eigenvalue weighted by Gasteiger charge is 2.30. The lowest BCUT2D eigenvalue weighted by atomic mass is 10.2. The molecule has 1 aliphatic rings. The van der Waals surface area contributed by atoms with Crippen molar-refractivity contribution in [3.8, 4) is 0 Å². The van der Waals surface area contributed by atoms with Crippen LogP contribution in [-0.4, -0.2) is 53.1 Å². The molecule has 0 bridgehead atoms. The topological polar surface area (TPSA) is 43.8 Å². The second-order valence-corrected chi connectivity index (χ2v) is 5.34. The zero-order valence-corrected chi connectivity index (χ0v) is 11.6. The van der Waals surface area contributed by atoms with E-state index in [1.54, 1.807) is 6.92 Å². The van der Waals surface area contributed by atoms with Gasteiger partial charge in [0.2, 0.25) is 0 Å². The minimum atomic E-state index is -0.746. The van der Waals surface area contributed by atoms with E-state index in [2.05, 4.69) is 29.2 Å². The van der Waals surface area contributed by atoms with E-state index in [1.807, 2.05) is 18.0 Å². The van der Waals surface area contributed by atoms with Crippen LogP contribution < -0.4 is 0 Å². The lowest BCUT2D eigenvalue weighted by Crippen LogP contribution is -2.44. The molecule has 2 unspecified atom stereocenters. The summed E-state index contributed by atoms with van der Waals surface area (Å²) in [5.41, 5.74) is 1.32. The lowest BCUT2D eigenvalue weighted by Gasteiger charge is -2.28. The van der Waals surface area contributed by atoms with E-state index in [-0.39, 0.29) is 0 Å². The van der Waals surface area contributed by atoms with E-state index in [4.69, 9.17) is 5.11 Å². The van der Waals surface area contributed by atoms with Crippen LogP contribution in [0.15, 0.2) is 30.3 Å². The molecule has 1 fully saturated rings. The van der Waals surface area contributed by atoms with E-state index in [0.29, 0.717) is 6.04 Å². The molecule has 4 heteroatoms. The molecule has 1 aromatic carbocycles. The normalized spacial score (nSPS) is 21.7. The molecule has 0 amide bonds. The van der Waals surface area contributed by atoms with E-state index in [9.17, 15) is 4.79 Å². The second-order valence-electron chi connectivity index (χ2n) is 5.34. The molecule has 1 heterocycles. The van der Waals surface area contributed by atoms with Gasteiger partial charge in [-0.3, -0.25) is 14.6 Å². The quantitative estimate of drug-likeness (QED) is 0.876. The number of benzene rings is 1. The van der Waals surface area contributed by atoms with Crippen LogP contribution >= 0.6 is 0 Å². The monoisotopic (exact) mass is 262 g/mol. The molecule has 19 heavy (non-hydrogen) atoms. The molecule has 4 nitrogen and oxygen atoms in total. The zero-order valence-electron chi connectivity index (χ0n) is 11.6. The summed E-state index contributed by atoms with van der Waals surface area (Å²) in [6.45, 7) is 4.69. The van der Waals surface area contributed by atoms with Gasteiger partial charge in [-0.1, -0.05) is 30.3 Å². The van der Waals surface area contributed by atoms with Crippen molar-refractivity contribution in [2.45, 2.75) is 32.0 Å². The Kier molecular flexibility index (Phi) is 4.56. The smallest absolute Gasteiger partial charge is 0.320 e. The summed E-state index contributed by atoms with van der Waals surface area (Å²) in [7, 11) is 1.91. The molecule has 0 saturated carbocycles. The molecule has 0 aliphatic carbocycles. The van der Waals surface area contributed by atoms with Gasteiger partial charge in [0.1, 0.15) is 6.04 Å². The predicted octanol–water partition coefficient (Wildman–Crippen LogP) is 1.67. The first-order valence-corrected chi connectivity index (χ1v) is 6.79. The van der Waals surface area contributed by atoms with Crippen molar-refractivity contribution in [2.24, 2.45) is 0 Å². The molecule has 1 aromatic rings. The van der Waals surface area contributed by atoms with Crippen LogP contribution in [0.25, 0.3) is 0 Å².